The summed E-state index contributed by atoms with van der Waals surface area (Å²) in [6, 6.07) is 22.6. The first kappa shape index (κ1) is 31.9. The lowest BCUT2D eigenvalue weighted by Crippen LogP contribution is -2.40. The summed E-state index contributed by atoms with van der Waals surface area (Å²) in [6.45, 7) is 0.544. The van der Waals surface area contributed by atoms with Crippen LogP contribution >= 0.6 is 0 Å². The van der Waals surface area contributed by atoms with Gasteiger partial charge < -0.3 is 35.4 Å². The lowest BCUT2D eigenvalue weighted by atomic mass is 9.98. The molecule has 0 spiro atoms. The van der Waals surface area contributed by atoms with E-state index in [0.717, 1.165) is 5.56 Å². The topological polar surface area (TPSA) is 168 Å². The number of amides is 2. The van der Waals surface area contributed by atoms with Crippen LogP contribution in [0.3, 0.4) is 0 Å². The van der Waals surface area contributed by atoms with Gasteiger partial charge in [-0.3, -0.25) is 14.4 Å². The van der Waals surface area contributed by atoms with Crippen molar-refractivity contribution in [1.82, 2.24) is 20.7 Å². The molecule has 13 heteroatoms. The van der Waals surface area contributed by atoms with Crippen LogP contribution in [-0.4, -0.2) is 84.0 Å². The van der Waals surface area contributed by atoms with Crippen molar-refractivity contribution in [1.29, 1.82) is 0 Å². The van der Waals surface area contributed by atoms with Crippen molar-refractivity contribution in [2.75, 3.05) is 38.1 Å². The highest BCUT2D eigenvalue weighted by Gasteiger charge is 2.36. The van der Waals surface area contributed by atoms with Gasteiger partial charge in [-0.25, -0.2) is 9.78 Å². The van der Waals surface area contributed by atoms with E-state index in [0.29, 0.717) is 24.3 Å². The maximum Gasteiger partial charge on any atom is 0.528 e. The Kier molecular flexibility index (Phi) is 12.0. The molecule has 13 nitrogen and oxygen atoms in total. The van der Waals surface area contributed by atoms with Crippen molar-refractivity contribution in [3.8, 4) is 0 Å². The highest BCUT2D eigenvalue weighted by Crippen LogP contribution is 2.22. The molecule has 2 heterocycles. The number of hydrogen-bond donors (Lipinski definition) is 4. The lowest BCUT2D eigenvalue weighted by Gasteiger charge is -2.22. The van der Waals surface area contributed by atoms with Crippen LogP contribution in [0.25, 0.3) is 0 Å². The molecule has 4 N–H and O–H groups in total. The monoisotopic (exact) mass is 605 g/mol. The number of carboxylic acid groups (broad SMARTS) is 1. The molecule has 44 heavy (non-hydrogen) atoms. The Labute approximate surface area is 254 Å². The summed E-state index contributed by atoms with van der Waals surface area (Å²) < 4.78 is 11.1. The molecule has 2 amide bonds. The third-order valence-corrected chi connectivity index (χ3v) is 6.74. The van der Waals surface area contributed by atoms with E-state index in [-0.39, 0.29) is 38.9 Å². The van der Waals surface area contributed by atoms with Crippen LogP contribution in [0, 0.1) is 0 Å². The van der Waals surface area contributed by atoms with Crippen LogP contribution in [0.4, 0.5) is 10.6 Å². The van der Waals surface area contributed by atoms with Crippen LogP contribution in [-0.2, 0) is 35.3 Å². The number of benzene rings is 2. The Hall–Kier alpha value is -5.01. The standard InChI is InChI=1S/C31H35N5O8/c37-27(33-15-16-34-29(38)28(30(39)40)23-11-5-2-6-12-23)21-42-25-17-24(18-35-26-13-7-8-14-32-26)36(19-25)44-31(41)43-20-22-9-3-1-4-10-22/h1-14,24-25,28H,15-21H2,(H,32,35)(H,33,37)(H,34,38)(H,39,40). The van der Waals surface area contributed by atoms with Crippen molar-refractivity contribution in [3.63, 3.8) is 0 Å². The van der Waals surface area contributed by atoms with E-state index in [1.807, 2.05) is 42.5 Å². The van der Waals surface area contributed by atoms with Gasteiger partial charge in [0.25, 0.3) is 0 Å². The average Bonchev–Trinajstić information content (AvgIpc) is 3.42. The van der Waals surface area contributed by atoms with Crippen molar-refractivity contribution in [2.45, 2.75) is 31.1 Å². The Morgan fingerprint density at radius 3 is 2.34 bits per heavy atom. The minimum atomic E-state index is -1.35. The maximum absolute atomic E-state index is 12.4. The van der Waals surface area contributed by atoms with Gasteiger partial charge in [-0.15, -0.1) is 5.06 Å². The van der Waals surface area contributed by atoms with Crippen molar-refractivity contribution in [3.05, 3.63) is 96.2 Å². The number of nitrogens with one attached hydrogen (secondary N) is 3. The summed E-state index contributed by atoms with van der Waals surface area (Å²) in [4.78, 5) is 58.6. The van der Waals surface area contributed by atoms with Crippen LogP contribution in [0.15, 0.2) is 85.1 Å². The molecule has 0 radical (unpaired) electrons. The first-order valence-electron chi connectivity index (χ1n) is 14.1. The number of anilines is 1. The lowest BCUT2D eigenvalue weighted by molar-refractivity contribution is -0.143. The van der Waals surface area contributed by atoms with Crippen LogP contribution in [0.5, 0.6) is 0 Å². The first-order chi connectivity index (χ1) is 21.4. The second-order valence-electron chi connectivity index (χ2n) is 9.96. The van der Waals surface area contributed by atoms with Crippen LogP contribution < -0.4 is 16.0 Å². The van der Waals surface area contributed by atoms with E-state index in [4.69, 9.17) is 14.3 Å². The van der Waals surface area contributed by atoms with Crippen molar-refractivity contribution >= 4 is 29.8 Å². The molecule has 1 fully saturated rings. The van der Waals surface area contributed by atoms with Crippen molar-refractivity contribution in [2.24, 2.45) is 0 Å². The number of aliphatic carboxylic acids is 1. The third-order valence-electron chi connectivity index (χ3n) is 6.74. The molecule has 2 aromatic carbocycles. The molecular weight excluding hydrogens is 570 g/mol. The van der Waals surface area contributed by atoms with Gasteiger partial charge in [-0.1, -0.05) is 66.7 Å². The molecule has 1 aliphatic rings. The Morgan fingerprint density at radius 2 is 1.64 bits per heavy atom. The van der Waals surface area contributed by atoms with Gasteiger partial charge in [0.2, 0.25) is 11.8 Å². The van der Waals surface area contributed by atoms with E-state index in [2.05, 4.69) is 20.9 Å². The summed E-state index contributed by atoms with van der Waals surface area (Å²) in [5.74, 6) is -3.04. The highest BCUT2D eigenvalue weighted by molar-refractivity contribution is 6.02. The molecule has 1 aliphatic heterocycles. The minimum Gasteiger partial charge on any atom is -0.480 e. The van der Waals surface area contributed by atoms with E-state index in [1.165, 1.54) is 5.06 Å². The smallest absolute Gasteiger partial charge is 0.480 e. The molecule has 232 valence electrons. The number of hydroxylamine groups is 2. The molecule has 0 aliphatic carbocycles. The molecule has 3 unspecified atom stereocenters. The molecule has 1 aromatic heterocycles. The number of hydrogen-bond acceptors (Lipinski definition) is 10. The van der Waals surface area contributed by atoms with E-state index in [1.54, 1.807) is 42.6 Å². The summed E-state index contributed by atoms with van der Waals surface area (Å²) in [6.07, 6.45) is 0.857. The quantitative estimate of drug-likeness (QED) is 0.114. The van der Waals surface area contributed by atoms with Gasteiger partial charge in [0.15, 0.2) is 5.92 Å². The van der Waals surface area contributed by atoms with Gasteiger partial charge in [-0.05, 0) is 29.7 Å². The first-order valence-corrected chi connectivity index (χ1v) is 14.1. The molecule has 4 rings (SSSR count). The molecule has 0 bridgehead atoms. The Balaban J connectivity index is 1.21. The van der Waals surface area contributed by atoms with Crippen LogP contribution in [0.1, 0.15) is 23.5 Å². The normalized spacial score (nSPS) is 16.8. The van der Waals surface area contributed by atoms with Crippen LogP contribution in [0.2, 0.25) is 0 Å². The fourth-order valence-electron chi connectivity index (χ4n) is 4.58. The summed E-state index contributed by atoms with van der Waals surface area (Å²) >= 11 is 0. The second kappa shape index (κ2) is 16.6. The minimum absolute atomic E-state index is 0.0403. The number of aromatic nitrogens is 1. The Bertz CT molecular complexity index is 1360. The molecule has 0 saturated carbocycles. The third kappa shape index (κ3) is 10.1. The number of carbonyl (C=O) groups is 4. The summed E-state index contributed by atoms with van der Waals surface area (Å²) in [5, 5.41) is 19.3. The summed E-state index contributed by atoms with van der Waals surface area (Å²) in [7, 11) is 0. The maximum atomic E-state index is 12.4. The zero-order chi connectivity index (χ0) is 31.1. The second-order valence-corrected chi connectivity index (χ2v) is 9.96. The van der Waals surface area contributed by atoms with E-state index < -0.39 is 36.0 Å². The van der Waals surface area contributed by atoms with Gasteiger partial charge in [0, 0.05) is 25.8 Å². The van der Waals surface area contributed by atoms with E-state index in [9.17, 15) is 24.3 Å². The number of rotatable bonds is 15. The predicted molar refractivity (Wildman–Crippen MR) is 158 cm³/mol. The molecule has 3 atom stereocenters. The van der Waals surface area contributed by atoms with Gasteiger partial charge in [-0.2, -0.15) is 0 Å². The highest BCUT2D eigenvalue weighted by atomic mass is 16.8. The van der Waals surface area contributed by atoms with Gasteiger partial charge in [0.05, 0.1) is 18.7 Å². The predicted octanol–water partition coefficient (Wildman–Crippen LogP) is 2.32. The summed E-state index contributed by atoms with van der Waals surface area (Å²) in [5.41, 5.74) is 1.19. The number of carbonyl (C=O) groups excluding carboxylic acids is 3. The molecule has 1 saturated heterocycles. The number of nitrogens with zero attached hydrogens (tertiary/aromatic N) is 2. The average molecular weight is 606 g/mol. The van der Waals surface area contributed by atoms with Gasteiger partial charge in [0.1, 0.15) is 19.0 Å². The van der Waals surface area contributed by atoms with E-state index >= 15 is 0 Å². The largest absolute Gasteiger partial charge is 0.528 e. The number of pyridine rings is 1. The number of carboxylic acids is 1. The fraction of sp³-hybridized carbons (Fsp3) is 0.323. The molecule has 3 aromatic rings. The molecular formula is C31H35N5O8. The SMILES string of the molecule is O=C(COC1CC(CNc2ccccn2)N(OC(=O)OCc2ccccc2)C1)NCCNC(=O)C(C(=O)O)c1ccccc1. The Morgan fingerprint density at radius 1 is 0.932 bits per heavy atom. The zero-order valence-electron chi connectivity index (χ0n) is 24.0. The van der Waals surface area contributed by atoms with Crippen molar-refractivity contribution < 1.29 is 38.6 Å². The zero-order valence-corrected chi connectivity index (χ0v) is 24.0. The van der Waals surface area contributed by atoms with Gasteiger partial charge >= 0.3 is 12.1 Å². The number of ether oxygens (including phenoxy) is 2. The fourth-order valence-corrected chi connectivity index (χ4v) is 4.58.